The van der Waals surface area contributed by atoms with Crippen LogP contribution >= 0.6 is 11.3 Å². The van der Waals surface area contributed by atoms with Gasteiger partial charge in [0.05, 0.1) is 11.3 Å². The quantitative estimate of drug-likeness (QED) is 0.929. The van der Waals surface area contributed by atoms with E-state index in [1.54, 1.807) is 0 Å². The van der Waals surface area contributed by atoms with E-state index in [-0.39, 0.29) is 5.60 Å². The van der Waals surface area contributed by atoms with Gasteiger partial charge in [0.2, 0.25) is 0 Å². The van der Waals surface area contributed by atoms with Crippen LogP contribution in [0.15, 0.2) is 0 Å². The molecule has 1 N–H and O–H groups in total. The van der Waals surface area contributed by atoms with Gasteiger partial charge >= 0.3 is 0 Å². The number of hydrogen-bond acceptors (Lipinski definition) is 5. The third kappa shape index (κ3) is 3.23. The molecule has 1 aromatic rings. The van der Waals surface area contributed by atoms with Gasteiger partial charge in [-0.05, 0) is 51.4 Å². The maximum Gasteiger partial charge on any atom is 0.107 e. The molecule has 2 aliphatic heterocycles. The molecule has 0 saturated carbocycles. The molecule has 0 unspecified atom stereocenters. The summed E-state index contributed by atoms with van der Waals surface area (Å²) in [5, 5.41) is 5.02. The van der Waals surface area contributed by atoms with Crippen molar-refractivity contribution in [2.75, 3.05) is 19.8 Å². The average molecular weight is 322 g/mol. The minimum atomic E-state index is 0.0796. The van der Waals surface area contributed by atoms with E-state index in [1.165, 1.54) is 41.3 Å². The molecule has 0 aromatic carbocycles. The highest BCUT2D eigenvalue weighted by Gasteiger charge is 2.38. The van der Waals surface area contributed by atoms with Crippen molar-refractivity contribution in [1.82, 2.24) is 10.3 Å². The number of rotatable bonds is 3. The van der Waals surface area contributed by atoms with Gasteiger partial charge in [0.25, 0.3) is 0 Å². The molecule has 0 radical (unpaired) electrons. The van der Waals surface area contributed by atoms with E-state index < -0.39 is 0 Å². The topological polar surface area (TPSA) is 43.4 Å². The first-order valence-corrected chi connectivity index (χ1v) is 9.57. The first-order valence-electron chi connectivity index (χ1n) is 8.76. The molecule has 22 heavy (non-hydrogen) atoms. The van der Waals surface area contributed by atoms with Gasteiger partial charge in [-0.2, -0.15) is 0 Å². The van der Waals surface area contributed by atoms with Gasteiger partial charge in [-0.15, -0.1) is 11.3 Å². The zero-order valence-electron chi connectivity index (χ0n) is 13.2. The summed E-state index contributed by atoms with van der Waals surface area (Å²) in [5.74, 6) is 0. The minimum absolute atomic E-state index is 0.0796. The second kappa shape index (κ2) is 6.56. The molecule has 4 nitrogen and oxygen atoms in total. The standard InChI is InChI=1S/C17H26N2O2S/c1-2-4-15-14(3-1)19-16(22-15)12-18-13-5-8-21-17(11-13)6-9-20-10-7-17/h13,18H,1-12H2/t13-/m0/s1. The zero-order chi connectivity index (χ0) is 14.8. The van der Waals surface area contributed by atoms with Crippen molar-refractivity contribution in [3.63, 3.8) is 0 Å². The van der Waals surface area contributed by atoms with E-state index >= 15 is 0 Å². The number of ether oxygens (including phenoxy) is 2. The molecule has 1 aromatic heterocycles. The summed E-state index contributed by atoms with van der Waals surface area (Å²) in [5.41, 5.74) is 1.46. The summed E-state index contributed by atoms with van der Waals surface area (Å²) in [6.07, 6.45) is 9.43. The fraction of sp³-hybridized carbons (Fsp3) is 0.824. The normalized spacial score (nSPS) is 27.7. The summed E-state index contributed by atoms with van der Waals surface area (Å²) in [6, 6.07) is 0.563. The SMILES string of the molecule is C1CCc2sc(CN[C@H]3CCOC4(CCOCC4)C3)nc2C1. The Balaban J connectivity index is 1.34. The highest BCUT2D eigenvalue weighted by molar-refractivity contribution is 7.11. The third-order valence-corrected chi connectivity index (χ3v) is 6.49. The Morgan fingerprint density at radius 2 is 2.05 bits per heavy atom. The maximum absolute atomic E-state index is 6.12. The van der Waals surface area contributed by atoms with Crippen molar-refractivity contribution in [2.24, 2.45) is 0 Å². The van der Waals surface area contributed by atoms with Gasteiger partial charge in [0.1, 0.15) is 5.01 Å². The minimum Gasteiger partial charge on any atom is -0.381 e. The summed E-state index contributed by atoms with van der Waals surface area (Å²) in [4.78, 5) is 6.38. The van der Waals surface area contributed by atoms with Crippen LogP contribution in [0.1, 0.15) is 54.1 Å². The maximum atomic E-state index is 6.12. The highest BCUT2D eigenvalue weighted by Crippen LogP contribution is 2.34. The Bertz CT molecular complexity index is 482. The van der Waals surface area contributed by atoms with Crippen LogP contribution in [-0.4, -0.2) is 36.4 Å². The molecule has 1 spiro atoms. The molecular formula is C17H26N2O2S. The molecule has 3 aliphatic rings. The van der Waals surface area contributed by atoms with Crippen molar-refractivity contribution >= 4 is 11.3 Å². The van der Waals surface area contributed by atoms with Crippen LogP contribution < -0.4 is 5.32 Å². The Morgan fingerprint density at radius 1 is 1.18 bits per heavy atom. The van der Waals surface area contributed by atoms with E-state index in [9.17, 15) is 0 Å². The van der Waals surface area contributed by atoms with E-state index in [0.717, 1.165) is 52.0 Å². The Morgan fingerprint density at radius 3 is 2.91 bits per heavy atom. The number of aromatic nitrogens is 1. The zero-order valence-corrected chi connectivity index (χ0v) is 14.1. The number of nitrogens with one attached hydrogen (secondary N) is 1. The number of nitrogens with zero attached hydrogens (tertiary/aromatic N) is 1. The Hall–Kier alpha value is -0.490. The van der Waals surface area contributed by atoms with Crippen molar-refractivity contribution < 1.29 is 9.47 Å². The molecule has 1 aliphatic carbocycles. The lowest BCUT2D eigenvalue weighted by molar-refractivity contribution is -0.140. The predicted molar refractivity (Wildman–Crippen MR) is 87.4 cm³/mol. The molecular weight excluding hydrogens is 296 g/mol. The molecule has 0 bridgehead atoms. The van der Waals surface area contributed by atoms with E-state index in [2.05, 4.69) is 5.32 Å². The van der Waals surface area contributed by atoms with Crippen molar-refractivity contribution in [2.45, 2.75) is 69.6 Å². The molecule has 2 fully saturated rings. The summed E-state index contributed by atoms with van der Waals surface area (Å²) in [7, 11) is 0. The Kier molecular flexibility index (Phi) is 4.49. The number of aryl methyl sites for hydroxylation is 2. The van der Waals surface area contributed by atoms with Gasteiger partial charge < -0.3 is 14.8 Å². The van der Waals surface area contributed by atoms with Crippen molar-refractivity contribution in [3.05, 3.63) is 15.6 Å². The van der Waals surface area contributed by atoms with Crippen LogP contribution in [0.5, 0.6) is 0 Å². The Labute approximate surface area is 136 Å². The van der Waals surface area contributed by atoms with Crippen LogP contribution in [0.2, 0.25) is 0 Å². The van der Waals surface area contributed by atoms with Crippen LogP contribution in [0.25, 0.3) is 0 Å². The highest BCUT2D eigenvalue weighted by atomic mass is 32.1. The van der Waals surface area contributed by atoms with Gasteiger partial charge in [-0.3, -0.25) is 0 Å². The van der Waals surface area contributed by atoms with Crippen molar-refractivity contribution in [3.8, 4) is 0 Å². The molecule has 122 valence electrons. The molecule has 2 saturated heterocycles. The molecule has 4 rings (SSSR count). The second-order valence-corrected chi connectivity index (χ2v) is 8.07. The molecule has 5 heteroatoms. The first-order chi connectivity index (χ1) is 10.8. The van der Waals surface area contributed by atoms with Gasteiger partial charge in [-0.25, -0.2) is 4.98 Å². The number of hydrogen-bond donors (Lipinski definition) is 1. The predicted octanol–water partition coefficient (Wildman–Crippen LogP) is 2.84. The fourth-order valence-corrected chi connectivity index (χ4v) is 5.11. The lowest BCUT2D eigenvalue weighted by atomic mass is 9.84. The lowest BCUT2D eigenvalue weighted by Gasteiger charge is -2.43. The molecule has 3 heterocycles. The summed E-state index contributed by atoms with van der Waals surface area (Å²) >= 11 is 1.93. The van der Waals surface area contributed by atoms with Gasteiger partial charge in [0, 0.05) is 37.3 Å². The van der Waals surface area contributed by atoms with E-state index in [0.29, 0.717) is 6.04 Å². The third-order valence-electron chi connectivity index (χ3n) is 5.33. The number of thiazole rings is 1. The van der Waals surface area contributed by atoms with Crippen LogP contribution in [0, 0.1) is 0 Å². The summed E-state index contributed by atoms with van der Waals surface area (Å²) < 4.78 is 11.6. The first kappa shape index (κ1) is 15.1. The van der Waals surface area contributed by atoms with Crippen LogP contribution in [0.4, 0.5) is 0 Å². The monoisotopic (exact) mass is 322 g/mol. The molecule has 0 amide bonds. The number of fused-ring (bicyclic) bond motifs is 1. The largest absolute Gasteiger partial charge is 0.381 e. The second-order valence-electron chi connectivity index (χ2n) is 6.90. The van der Waals surface area contributed by atoms with E-state index in [1.807, 2.05) is 11.3 Å². The van der Waals surface area contributed by atoms with Crippen molar-refractivity contribution in [1.29, 1.82) is 0 Å². The molecule has 1 atom stereocenters. The van der Waals surface area contributed by atoms with Gasteiger partial charge in [0.15, 0.2) is 0 Å². The van der Waals surface area contributed by atoms with Crippen LogP contribution in [0.3, 0.4) is 0 Å². The van der Waals surface area contributed by atoms with Crippen LogP contribution in [-0.2, 0) is 28.9 Å². The summed E-state index contributed by atoms with van der Waals surface area (Å²) in [6.45, 7) is 3.51. The fourth-order valence-electron chi connectivity index (χ4n) is 4.01. The smallest absolute Gasteiger partial charge is 0.107 e. The lowest BCUT2D eigenvalue weighted by Crippen LogP contribution is -2.49. The van der Waals surface area contributed by atoms with Gasteiger partial charge in [-0.1, -0.05) is 0 Å². The average Bonchev–Trinajstić information content (AvgIpc) is 2.97. The van der Waals surface area contributed by atoms with E-state index in [4.69, 9.17) is 14.5 Å².